The normalized spacial score (nSPS) is 15.8. The summed E-state index contributed by atoms with van der Waals surface area (Å²) in [7, 11) is 0. The number of nitrogen functional groups attached to an aromatic ring is 1. The molecule has 2 aromatic rings. The van der Waals surface area contributed by atoms with E-state index in [9.17, 15) is 0 Å². The van der Waals surface area contributed by atoms with Crippen LogP contribution in [0.4, 0.5) is 5.82 Å². The van der Waals surface area contributed by atoms with Gasteiger partial charge >= 0.3 is 0 Å². The van der Waals surface area contributed by atoms with Gasteiger partial charge in [0, 0.05) is 38.2 Å². The average molecular weight is 229 g/mol. The largest absolute Gasteiger partial charge is 0.384 e. The third-order valence-electron chi connectivity index (χ3n) is 3.08. The topological polar surface area (TPSA) is 60.0 Å². The van der Waals surface area contributed by atoms with Gasteiger partial charge in [0.25, 0.3) is 0 Å². The molecule has 0 unspecified atom stereocenters. The van der Waals surface area contributed by atoms with Gasteiger partial charge in [-0.05, 0) is 17.7 Å². The molecule has 5 heteroatoms. The number of fused-ring (bicyclic) bond motifs is 1. The van der Waals surface area contributed by atoms with Gasteiger partial charge < -0.3 is 10.3 Å². The Labute approximate surface area is 99.9 Å². The fourth-order valence-electron chi connectivity index (χ4n) is 2.21. The van der Waals surface area contributed by atoms with Crippen LogP contribution in [0.15, 0.2) is 30.7 Å². The van der Waals surface area contributed by atoms with E-state index in [2.05, 4.69) is 19.4 Å². The second-order valence-corrected chi connectivity index (χ2v) is 4.34. The van der Waals surface area contributed by atoms with Crippen LogP contribution in [0.3, 0.4) is 0 Å². The summed E-state index contributed by atoms with van der Waals surface area (Å²) in [5, 5.41) is 0. The van der Waals surface area contributed by atoms with Crippen molar-refractivity contribution in [1.82, 2.24) is 19.4 Å². The van der Waals surface area contributed by atoms with Gasteiger partial charge in [-0.2, -0.15) is 0 Å². The first kappa shape index (κ1) is 10.3. The van der Waals surface area contributed by atoms with Crippen LogP contribution >= 0.6 is 0 Å². The number of rotatable bonds is 2. The Hall–Kier alpha value is -1.88. The SMILES string of the molecule is Nc1cc(CN2CCn3ccnc3C2)ccn1. The molecule has 0 radical (unpaired) electrons. The fourth-order valence-corrected chi connectivity index (χ4v) is 2.21. The Morgan fingerprint density at radius 3 is 3.06 bits per heavy atom. The summed E-state index contributed by atoms with van der Waals surface area (Å²) in [5.41, 5.74) is 6.88. The molecule has 5 nitrogen and oxygen atoms in total. The monoisotopic (exact) mass is 229 g/mol. The van der Waals surface area contributed by atoms with E-state index in [0.717, 1.165) is 32.0 Å². The number of aromatic nitrogens is 3. The Balaban J connectivity index is 1.72. The van der Waals surface area contributed by atoms with Gasteiger partial charge in [-0.1, -0.05) is 0 Å². The molecule has 0 aromatic carbocycles. The third kappa shape index (κ3) is 2.14. The number of hydrogen-bond donors (Lipinski definition) is 1. The highest BCUT2D eigenvalue weighted by molar-refractivity contribution is 5.31. The van der Waals surface area contributed by atoms with Crippen molar-refractivity contribution < 1.29 is 0 Å². The molecular formula is C12H15N5. The maximum Gasteiger partial charge on any atom is 0.123 e. The minimum atomic E-state index is 0.584. The van der Waals surface area contributed by atoms with Crippen molar-refractivity contribution in [2.24, 2.45) is 0 Å². The van der Waals surface area contributed by atoms with Gasteiger partial charge in [-0.3, -0.25) is 4.90 Å². The third-order valence-corrected chi connectivity index (χ3v) is 3.08. The molecular weight excluding hydrogens is 214 g/mol. The molecule has 1 aliphatic heterocycles. The van der Waals surface area contributed by atoms with Crippen LogP contribution in [0.2, 0.25) is 0 Å². The Bertz CT molecular complexity index is 519. The molecule has 1 aliphatic rings. The zero-order valence-electron chi connectivity index (χ0n) is 9.58. The van der Waals surface area contributed by atoms with Crippen LogP contribution in [0, 0.1) is 0 Å². The second kappa shape index (κ2) is 4.18. The van der Waals surface area contributed by atoms with E-state index in [-0.39, 0.29) is 0 Å². The number of pyridine rings is 1. The van der Waals surface area contributed by atoms with E-state index in [1.165, 1.54) is 5.56 Å². The standard InChI is InChI=1S/C12H15N5/c13-11-7-10(1-2-14-11)8-16-5-6-17-4-3-15-12(17)9-16/h1-4,7H,5-6,8-9H2,(H2,13,14). The molecule has 0 fully saturated rings. The summed E-state index contributed by atoms with van der Waals surface area (Å²) in [6.45, 7) is 3.86. The van der Waals surface area contributed by atoms with E-state index in [1.54, 1.807) is 6.20 Å². The number of nitrogens with two attached hydrogens (primary N) is 1. The van der Waals surface area contributed by atoms with E-state index < -0.39 is 0 Å². The van der Waals surface area contributed by atoms with Crippen molar-refractivity contribution in [3.8, 4) is 0 Å². The summed E-state index contributed by atoms with van der Waals surface area (Å²) in [6, 6.07) is 3.94. The molecule has 0 atom stereocenters. The average Bonchev–Trinajstić information content (AvgIpc) is 2.76. The van der Waals surface area contributed by atoms with Gasteiger partial charge in [0.15, 0.2) is 0 Å². The maximum absolute atomic E-state index is 5.68. The summed E-state index contributed by atoms with van der Waals surface area (Å²) >= 11 is 0. The molecule has 0 bridgehead atoms. The van der Waals surface area contributed by atoms with Crippen LogP contribution in [-0.4, -0.2) is 26.0 Å². The van der Waals surface area contributed by atoms with Crippen molar-refractivity contribution >= 4 is 5.82 Å². The maximum atomic E-state index is 5.68. The Morgan fingerprint density at radius 2 is 2.18 bits per heavy atom. The zero-order chi connectivity index (χ0) is 11.7. The van der Waals surface area contributed by atoms with E-state index in [0.29, 0.717) is 5.82 Å². The fraction of sp³-hybridized carbons (Fsp3) is 0.333. The van der Waals surface area contributed by atoms with E-state index in [1.807, 2.05) is 24.5 Å². The predicted molar refractivity (Wildman–Crippen MR) is 65.0 cm³/mol. The lowest BCUT2D eigenvalue weighted by atomic mass is 10.2. The molecule has 0 saturated heterocycles. The van der Waals surface area contributed by atoms with Crippen molar-refractivity contribution in [3.63, 3.8) is 0 Å². The minimum absolute atomic E-state index is 0.584. The lowest BCUT2D eigenvalue weighted by Gasteiger charge is -2.27. The van der Waals surface area contributed by atoms with Crippen molar-refractivity contribution in [2.75, 3.05) is 12.3 Å². The lowest BCUT2D eigenvalue weighted by Crippen LogP contribution is -2.33. The van der Waals surface area contributed by atoms with Gasteiger partial charge in [-0.15, -0.1) is 0 Å². The smallest absolute Gasteiger partial charge is 0.123 e. The molecule has 0 saturated carbocycles. The zero-order valence-corrected chi connectivity index (χ0v) is 9.58. The van der Waals surface area contributed by atoms with Gasteiger partial charge in [-0.25, -0.2) is 9.97 Å². The lowest BCUT2D eigenvalue weighted by molar-refractivity contribution is 0.209. The Morgan fingerprint density at radius 1 is 1.24 bits per heavy atom. The summed E-state index contributed by atoms with van der Waals surface area (Å²) < 4.78 is 2.21. The molecule has 0 spiro atoms. The predicted octanol–water partition coefficient (Wildman–Crippen LogP) is 0.876. The van der Waals surface area contributed by atoms with Crippen LogP contribution in [0.5, 0.6) is 0 Å². The quantitative estimate of drug-likeness (QED) is 0.830. The van der Waals surface area contributed by atoms with Crippen molar-refractivity contribution in [1.29, 1.82) is 0 Å². The van der Waals surface area contributed by atoms with Crippen molar-refractivity contribution in [3.05, 3.63) is 42.1 Å². The first-order valence-electron chi connectivity index (χ1n) is 5.74. The van der Waals surface area contributed by atoms with Gasteiger partial charge in [0.2, 0.25) is 0 Å². The van der Waals surface area contributed by atoms with Gasteiger partial charge in [0.05, 0.1) is 6.54 Å². The molecule has 0 aliphatic carbocycles. The summed E-state index contributed by atoms with van der Waals surface area (Å²) in [5.74, 6) is 1.72. The van der Waals surface area contributed by atoms with Crippen LogP contribution in [-0.2, 0) is 19.6 Å². The Kier molecular flexibility index (Phi) is 2.53. The van der Waals surface area contributed by atoms with Crippen molar-refractivity contribution in [2.45, 2.75) is 19.6 Å². The minimum Gasteiger partial charge on any atom is -0.384 e. The molecule has 2 N–H and O–H groups in total. The first-order valence-corrected chi connectivity index (χ1v) is 5.74. The first-order chi connectivity index (χ1) is 8.31. The molecule has 2 aromatic heterocycles. The highest BCUT2D eigenvalue weighted by atomic mass is 15.2. The number of nitrogens with zero attached hydrogens (tertiary/aromatic N) is 4. The molecule has 3 rings (SSSR count). The van der Waals surface area contributed by atoms with Gasteiger partial charge in [0.1, 0.15) is 11.6 Å². The van der Waals surface area contributed by atoms with E-state index >= 15 is 0 Å². The highest BCUT2D eigenvalue weighted by Gasteiger charge is 2.16. The van der Waals surface area contributed by atoms with Crippen LogP contribution in [0.25, 0.3) is 0 Å². The molecule has 0 amide bonds. The number of hydrogen-bond acceptors (Lipinski definition) is 4. The summed E-state index contributed by atoms with van der Waals surface area (Å²) in [6.07, 6.45) is 5.66. The second-order valence-electron chi connectivity index (χ2n) is 4.34. The number of anilines is 1. The van der Waals surface area contributed by atoms with E-state index in [4.69, 9.17) is 5.73 Å². The van der Waals surface area contributed by atoms with Crippen LogP contribution < -0.4 is 5.73 Å². The molecule has 88 valence electrons. The summed E-state index contributed by atoms with van der Waals surface area (Å²) in [4.78, 5) is 10.7. The molecule has 3 heterocycles. The molecule has 17 heavy (non-hydrogen) atoms. The highest BCUT2D eigenvalue weighted by Crippen LogP contribution is 2.14. The number of imidazole rings is 1. The van der Waals surface area contributed by atoms with Crippen LogP contribution in [0.1, 0.15) is 11.4 Å².